The zero-order valence-electron chi connectivity index (χ0n) is 15.1. The van der Waals surface area contributed by atoms with Crippen LogP contribution in [-0.4, -0.2) is 24.4 Å². The SMILES string of the molecule is OC[C@H]1CCCC[C@H]1NCc1ccc([C@H]2COc3ccccc3O2)cc1. The number of nitrogens with one attached hydrogen (secondary N) is 1. The van der Waals surface area contributed by atoms with Gasteiger partial charge < -0.3 is 19.9 Å². The van der Waals surface area contributed by atoms with Crippen molar-refractivity contribution in [3.63, 3.8) is 0 Å². The predicted octanol–water partition coefficient (Wildman–Crippen LogP) is 3.84. The van der Waals surface area contributed by atoms with Crippen LogP contribution in [0.1, 0.15) is 42.9 Å². The molecule has 1 aliphatic heterocycles. The Labute approximate surface area is 155 Å². The van der Waals surface area contributed by atoms with Gasteiger partial charge in [-0.1, -0.05) is 49.2 Å². The van der Waals surface area contributed by atoms with Crippen molar-refractivity contribution in [2.75, 3.05) is 13.2 Å². The zero-order valence-corrected chi connectivity index (χ0v) is 15.1. The Kier molecular flexibility index (Phi) is 5.42. The number of hydrogen-bond donors (Lipinski definition) is 2. The maximum atomic E-state index is 9.54. The van der Waals surface area contributed by atoms with Gasteiger partial charge >= 0.3 is 0 Å². The normalized spacial score (nSPS) is 25.0. The summed E-state index contributed by atoms with van der Waals surface area (Å²) in [5.41, 5.74) is 2.39. The first-order valence-corrected chi connectivity index (χ1v) is 9.65. The molecular weight excluding hydrogens is 326 g/mol. The molecule has 26 heavy (non-hydrogen) atoms. The summed E-state index contributed by atoms with van der Waals surface area (Å²) >= 11 is 0. The van der Waals surface area contributed by atoms with Gasteiger partial charge in [0.2, 0.25) is 0 Å². The zero-order chi connectivity index (χ0) is 17.8. The summed E-state index contributed by atoms with van der Waals surface area (Å²) in [6.07, 6.45) is 4.73. The van der Waals surface area contributed by atoms with Gasteiger partial charge in [0.15, 0.2) is 17.6 Å². The molecule has 0 amide bonds. The number of fused-ring (bicyclic) bond motifs is 1. The van der Waals surface area contributed by atoms with E-state index >= 15 is 0 Å². The molecule has 2 aromatic carbocycles. The van der Waals surface area contributed by atoms with E-state index in [-0.39, 0.29) is 12.7 Å². The van der Waals surface area contributed by atoms with Crippen LogP contribution in [0.15, 0.2) is 48.5 Å². The molecule has 0 spiro atoms. The highest BCUT2D eigenvalue weighted by atomic mass is 16.6. The second-order valence-corrected chi connectivity index (χ2v) is 7.32. The van der Waals surface area contributed by atoms with Gasteiger partial charge in [-0.05, 0) is 42.0 Å². The molecule has 2 N–H and O–H groups in total. The highest BCUT2D eigenvalue weighted by Crippen LogP contribution is 2.35. The Bertz CT molecular complexity index is 716. The lowest BCUT2D eigenvalue weighted by atomic mass is 9.85. The number of aliphatic hydroxyl groups is 1. The first kappa shape index (κ1) is 17.4. The molecule has 138 valence electrons. The summed E-state index contributed by atoms with van der Waals surface area (Å²) in [6.45, 7) is 1.66. The van der Waals surface area contributed by atoms with Crippen molar-refractivity contribution >= 4 is 0 Å². The maximum Gasteiger partial charge on any atom is 0.162 e. The third-order valence-electron chi connectivity index (χ3n) is 5.57. The molecule has 0 radical (unpaired) electrons. The second kappa shape index (κ2) is 8.11. The molecule has 2 aliphatic rings. The predicted molar refractivity (Wildman–Crippen MR) is 101 cm³/mol. The molecule has 1 fully saturated rings. The van der Waals surface area contributed by atoms with E-state index in [0.717, 1.165) is 36.4 Å². The van der Waals surface area contributed by atoms with Gasteiger partial charge in [0.05, 0.1) is 0 Å². The van der Waals surface area contributed by atoms with E-state index in [9.17, 15) is 5.11 Å². The third-order valence-corrected chi connectivity index (χ3v) is 5.57. The van der Waals surface area contributed by atoms with Crippen LogP contribution < -0.4 is 14.8 Å². The number of hydrogen-bond acceptors (Lipinski definition) is 4. The lowest BCUT2D eigenvalue weighted by molar-refractivity contribution is 0.0913. The van der Waals surface area contributed by atoms with Gasteiger partial charge in [-0.25, -0.2) is 0 Å². The molecule has 1 heterocycles. The molecule has 3 atom stereocenters. The monoisotopic (exact) mass is 353 g/mol. The lowest BCUT2D eigenvalue weighted by Gasteiger charge is -2.31. The number of benzene rings is 2. The minimum atomic E-state index is -0.0657. The number of ether oxygens (including phenoxy) is 2. The fraction of sp³-hybridized carbons (Fsp3) is 0.455. The summed E-state index contributed by atoms with van der Waals surface area (Å²) in [7, 11) is 0. The Morgan fingerprint density at radius 3 is 2.54 bits per heavy atom. The highest BCUT2D eigenvalue weighted by molar-refractivity contribution is 5.41. The molecule has 0 bridgehead atoms. The van der Waals surface area contributed by atoms with Crippen LogP contribution in [-0.2, 0) is 6.54 Å². The molecule has 0 unspecified atom stereocenters. The van der Waals surface area contributed by atoms with E-state index in [1.807, 2.05) is 24.3 Å². The highest BCUT2D eigenvalue weighted by Gasteiger charge is 2.24. The van der Waals surface area contributed by atoms with Crippen molar-refractivity contribution in [1.82, 2.24) is 5.32 Å². The smallest absolute Gasteiger partial charge is 0.162 e. The Morgan fingerprint density at radius 2 is 1.73 bits per heavy atom. The largest absolute Gasteiger partial charge is 0.485 e. The van der Waals surface area contributed by atoms with Gasteiger partial charge in [0.1, 0.15) is 6.61 Å². The van der Waals surface area contributed by atoms with Crippen LogP contribution in [0.3, 0.4) is 0 Å². The van der Waals surface area contributed by atoms with Crippen molar-refractivity contribution in [3.05, 3.63) is 59.7 Å². The quantitative estimate of drug-likeness (QED) is 0.857. The number of rotatable bonds is 5. The van der Waals surface area contributed by atoms with E-state index in [0.29, 0.717) is 18.6 Å². The van der Waals surface area contributed by atoms with Gasteiger partial charge in [-0.3, -0.25) is 0 Å². The number of para-hydroxylation sites is 2. The van der Waals surface area contributed by atoms with Crippen LogP contribution >= 0.6 is 0 Å². The van der Waals surface area contributed by atoms with Crippen molar-refractivity contribution in [2.45, 2.75) is 44.4 Å². The van der Waals surface area contributed by atoms with Crippen molar-refractivity contribution in [1.29, 1.82) is 0 Å². The maximum absolute atomic E-state index is 9.54. The van der Waals surface area contributed by atoms with E-state index in [4.69, 9.17) is 9.47 Å². The first-order valence-electron chi connectivity index (χ1n) is 9.65. The average Bonchev–Trinajstić information content (AvgIpc) is 2.72. The molecule has 4 rings (SSSR count). The van der Waals surface area contributed by atoms with E-state index in [1.165, 1.54) is 18.4 Å². The van der Waals surface area contributed by atoms with Crippen LogP contribution in [0.2, 0.25) is 0 Å². The lowest BCUT2D eigenvalue weighted by Crippen LogP contribution is -2.39. The van der Waals surface area contributed by atoms with Crippen LogP contribution in [0.25, 0.3) is 0 Å². The second-order valence-electron chi connectivity index (χ2n) is 7.32. The molecule has 0 saturated heterocycles. The summed E-state index contributed by atoms with van der Waals surface area (Å²) < 4.78 is 11.9. The van der Waals surface area contributed by atoms with E-state index in [2.05, 4.69) is 29.6 Å². The standard InChI is InChI=1S/C22H27NO3/c24-14-18-5-1-2-6-19(18)23-13-16-9-11-17(12-10-16)22-15-25-20-7-3-4-8-21(20)26-22/h3-4,7-12,18-19,22-24H,1-2,5-6,13-15H2/t18-,19-,22-/m1/s1. The minimum absolute atomic E-state index is 0.0657. The number of aliphatic hydroxyl groups excluding tert-OH is 1. The van der Waals surface area contributed by atoms with Gasteiger partial charge in [-0.2, -0.15) is 0 Å². The molecule has 4 heteroatoms. The van der Waals surface area contributed by atoms with Crippen molar-refractivity contribution in [3.8, 4) is 11.5 Å². The molecule has 4 nitrogen and oxygen atoms in total. The summed E-state index contributed by atoms with van der Waals surface area (Å²) in [6, 6.07) is 16.8. The summed E-state index contributed by atoms with van der Waals surface area (Å²) in [5, 5.41) is 13.2. The van der Waals surface area contributed by atoms with E-state index in [1.54, 1.807) is 0 Å². The molecule has 0 aromatic heterocycles. The van der Waals surface area contributed by atoms with Crippen molar-refractivity contribution in [2.24, 2.45) is 5.92 Å². The van der Waals surface area contributed by atoms with E-state index < -0.39 is 0 Å². The first-order chi connectivity index (χ1) is 12.8. The fourth-order valence-electron chi connectivity index (χ4n) is 3.98. The summed E-state index contributed by atoms with van der Waals surface area (Å²) in [5.74, 6) is 2.02. The summed E-state index contributed by atoms with van der Waals surface area (Å²) in [4.78, 5) is 0. The molecule has 2 aromatic rings. The third kappa shape index (κ3) is 3.87. The fourth-order valence-corrected chi connectivity index (χ4v) is 3.98. The molecule has 1 saturated carbocycles. The Balaban J connectivity index is 1.35. The van der Waals surface area contributed by atoms with Gasteiger partial charge in [0, 0.05) is 19.2 Å². The van der Waals surface area contributed by atoms with Gasteiger partial charge in [0.25, 0.3) is 0 Å². The minimum Gasteiger partial charge on any atom is -0.485 e. The van der Waals surface area contributed by atoms with Crippen LogP contribution in [0.4, 0.5) is 0 Å². The average molecular weight is 353 g/mol. The van der Waals surface area contributed by atoms with Gasteiger partial charge in [-0.15, -0.1) is 0 Å². The molecular formula is C22H27NO3. The van der Waals surface area contributed by atoms with Crippen LogP contribution in [0, 0.1) is 5.92 Å². The molecule has 1 aliphatic carbocycles. The van der Waals surface area contributed by atoms with Crippen molar-refractivity contribution < 1.29 is 14.6 Å². The Hall–Kier alpha value is -2.04. The van der Waals surface area contributed by atoms with Crippen LogP contribution in [0.5, 0.6) is 11.5 Å². The topological polar surface area (TPSA) is 50.7 Å². The Morgan fingerprint density at radius 1 is 0.962 bits per heavy atom.